The maximum Gasteiger partial charge on any atom is 0.410 e. The Hall–Kier alpha value is -3.33. The molecule has 0 saturated carbocycles. The van der Waals surface area contributed by atoms with Gasteiger partial charge in [0, 0.05) is 12.1 Å². The molecule has 0 saturated heterocycles. The number of carbonyl (C=O) groups excluding carboxylic acids is 1. The number of halogens is 3. The molecule has 6 nitrogen and oxygen atoms in total. The highest BCUT2D eigenvalue weighted by atomic mass is 19.4. The van der Waals surface area contributed by atoms with Crippen molar-refractivity contribution >= 4 is 17.4 Å². The Morgan fingerprint density at radius 1 is 1.23 bits per heavy atom. The second-order valence-corrected chi connectivity index (χ2v) is 7.51. The number of hydrogen-bond donors (Lipinski definition) is 3. The lowest BCUT2D eigenvalue weighted by Gasteiger charge is -2.34. The lowest BCUT2D eigenvalue weighted by molar-refractivity contribution is -0.173. The molecule has 0 unspecified atom stereocenters. The van der Waals surface area contributed by atoms with E-state index in [2.05, 4.69) is 15.7 Å². The van der Waals surface area contributed by atoms with Crippen LogP contribution in [0.2, 0.25) is 0 Å². The number of nitrogens with zero attached hydrogens (tertiary/aromatic N) is 2. The molecule has 0 fully saturated rings. The predicted molar refractivity (Wildman–Crippen MR) is 110 cm³/mol. The van der Waals surface area contributed by atoms with Crippen LogP contribution in [-0.4, -0.2) is 27.0 Å². The van der Waals surface area contributed by atoms with Gasteiger partial charge in [0.15, 0.2) is 6.04 Å². The van der Waals surface area contributed by atoms with E-state index < -0.39 is 30.3 Å². The van der Waals surface area contributed by atoms with Crippen molar-refractivity contribution in [2.24, 2.45) is 0 Å². The van der Waals surface area contributed by atoms with Crippen molar-refractivity contribution in [1.29, 1.82) is 0 Å². The van der Waals surface area contributed by atoms with Gasteiger partial charge in [0.05, 0.1) is 18.3 Å². The summed E-state index contributed by atoms with van der Waals surface area (Å²) in [6.45, 7) is 1.60. The first-order valence-corrected chi connectivity index (χ1v) is 9.79. The minimum Gasteiger partial charge on any atom is -0.389 e. The van der Waals surface area contributed by atoms with Crippen LogP contribution in [0.15, 0.2) is 60.8 Å². The van der Waals surface area contributed by atoms with E-state index in [-0.39, 0.29) is 17.8 Å². The number of benzene rings is 2. The van der Waals surface area contributed by atoms with Crippen molar-refractivity contribution in [3.05, 3.63) is 77.5 Å². The fourth-order valence-corrected chi connectivity index (χ4v) is 3.71. The van der Waals surface area contributed by atoms with Crippen LogP contribution in [0, 0.1) is 0 Å². The second kappa shape index (κ2) is 8.07. The summed E-state index contributed by atoms with van der Waals surface area (Å²) < 4.78 is 42.2. The highest BCUT2D eigenvalue weighted by Crippen LogP contribution is 2.44. The standard InChI is InChI=1S/C22H21F3N4O2/c1-13(30)15-8-5-9-16(10-15)27-21(31)17-12-26-29-19(22(23,24)25)11-18(28-20(17)29)14-6-3-2-4-7-14/h2-10,12-13,18-19,28,30H,11H2,1H3,(H,27,31)/t13-,18-,19-/m1/s1. The first kappa shape index (κ1) is 20.9. The van der Waals surface area contributed by atoms with Gasteiger partial charge < -0.3 is 15.7 Å². The summed E-state index contributed by atoms with van der Waals surface area (Å²) in [6.07, 6.45) is -4.33. The van der Waals surface area contributed by atoms with E-state index in [1.165, 1.54) is 0 Å². The monoisotopic (exact) mass is 430 g/mol. The molecule has 0 radical (unpaired) electrons. The molecule has 4 rings (SSSR count). The summed E-state index contributed by atoms with van der Waals surface area (Å²) in [5, 5.41) is 19.3. The van der Waals surface area contributed by atoms with E-state index in [0.29, 0.717) is 16.8 Å². The smallest absolute Gasteiger partial charge is 0.389 e. The number of nitrogens with one attached hydrogen (secondary N) is 2. The third kappa shape index (κ3) is 4.27. The summed E-state index contributed by atoms with van der Waals surface area (Å²) in [4.78, 5) is 12.9. The van der Waals surface area contributed by atoms with Gasteiger partial charge in [-0.05, 0) is 30.2 Å². The summed E-state index contributed by atoms with van der Waals surface area (Å²) in [5.74, 6) is -0.572. The maximum atomic E-state index is 13.8. The number of anilines is 2. The molecule has 0 bridgehead atoms. The topological polar surface area (TPSA) is 79.2 Å². The summed E-state index contributed by atoms with van der Waals surface area (Å²) >= 11 is 0. The van der Waals surface area contributed by atoms with Crippen LogP contribution >= 0.6 is 0 Å². The van der Waals surface area contributed by atoms with Crippen LogP contribution in [0.5, 0.6) is 0 Å². The Bertz CT molecular complexity index is 1080. The largest absolute Gasteiger partial charge is 0.410 e. The second-order valence-electron chi connectivity index (χ2n) is 7.51. The SMILES string of the molecule is C[C@@H](O)c1cccc(NC(=O)c2cnn3c2N[C@@H](c2ccccc2)C[C@@H]3C(F)(F)F)c1. The Labute approximate surface area is 176 Å². The van der Waals surface area contributed by atoms with Crippen molar-refractivity contribution in [2.75, 3.05) is 10.6 Å². The van der Waals surface area contributed by atoms with Crippen LogP contribution in [0.1, 0.15) is 53.0 Å². The molecule has 3 aromatic rings. The van der Waals surface area contributed by atoms with Gasteiger partial charge in [-0.3, -0.25) is 4.79 Å². The zero-order valence-corrected chi connectivity index (χ0v) is 16.6. The number of aromatic nitrogens is 2. The quantitative estimate of drug-likeness (QED) is 0.553. The Morgan fingerprint density at radius 2 is 1.97 bits per heavy atom. The van der Waals surface area contributed by atoms with Crippen molar-refractivity contribution in [3.8, 4) is 0 Å². The molecule has 0 aliphatic carbocycles. The molecule has 2 heterocycles. The number of fused-ring (bicyclic) bond motifs is 1. The maximum absolute atomic E-state index is 13.8. The van der Waals surface area contributed by atoms with Gasteiger partial charge in [-0.15, -0.1) is 0 Å². The first-order valence-electron chi connectivity index (χ1n) is 9.79. The molecule has 1 aromatic heterocycles. The van der Waals surface area contributed by atoms with Crippen LogP contribution in [-0.2, 0) is 0 Å². The zero-order valence-electron chi connectivity index (χ0n) is 16.6. The number of rotatable bonds is 4. The van der Waals surface area contributed by atoms with Gasteiger partial charge in [-0.2, -0.15) is 18.3 Å². The fraction of sp³-hybridized carbons (Fsp3) is 0.273. The molecule has 3 atom stereocenters. The normalized spacial score (nSPS) is 19.3. The van der Waals surface area contributed by atoms with E-state index in [0.717, 1.165) is 10.9 Å². The minimum absolute atomic E-state index is 0.0114. The number of aliphatic hydroxyl groups excluding tert-OH is 1. The molecule has 1 amide bonds. The minimum atomic E-state index is -4.52. The average molecular weight is 430 g/mol. The van der Waals surface area contributed by atoms with Gasteiger partial charge in [0.2, 0.25) is 0 Å². The van der Waals surface area contributed by atoms with Crippen LogP contribution in [0.4, 0.5) is 24.7 Å². The van der Waals surface area contributed by atoms with Crippen LogP contribution < -0.4 is 10.6 Å². The molecular formula is C22H21F3N4O2. The van der Waals surface area contributed by atoms with E-state index in [4.69, 9.17) is 0 Å². The van der Waals surface area contributed by atoms with Crippen molar-refractivity contribution in [2.45, 2.75) is 37.7 Å². The molecular weight excluding hydrogens is 409 g/mol. The molecule has 1 aliphatic heterocycles. The zero-order chi connectivity index (χ0) is 22.2. The van der Waals surface area contributed by atoms with Gasteiger partial charge in [0.25, 0.3) is 5.91 Å². The Kier molecular flexibility index (Phi) is 5.45. The Balaban J connectivity index is 1.67. The lowest BCUT2D eigenvalue weighted by atomic mass is 9.96. The van der Waals surface area contributed by atoms with E-state index in [1.807, 2.05) is 0 Å². The molecule has 1 aliphatic rings. The average Bonchev–Trinajstić information content (AvgIpc) is 3.17. The van der Waals surface area contributed by atoms with E-state index in [1.54, 1.807) is 61.5 Å². The molecule has 0 spiro atoms. The predicted octanol–water partition coefficient (Wildman–Crippen LogP) is 4.85. The molecule has 162 valence electrons. The first-order chi connectivity index (χ1) is 14.7. The number of hydrogen-bond acceptors (Lipinski definition) is 4. The van der Waals surface area contributed by atoms with E-state index >= 15 is 0 Å². The van der Waals surface area contributed by atoms with Gasteiger partial charge >= 0.3 is 6.18 Å². The van der Waals surface area contributed by atoms with Crippen LogP contribution in [0.3, 0.4) is 0 Å². The Morgan fingerprint density at radius 3 is 2.65 bits per heavy atom. The number of carbonyl (C=O) groups is 1. The van der Waals surface area contributed by atoms with Crippen LogP contribution in [0.25, 0.3) is 0 Å². The van der Waals surface area contributed by atoms with Gasteiger partial charge in [0.1, 0.15) is 11.4 Å². The van der Waals surface area contributed by atoms with Crippen molar-refractivity contribution < 1.29 is 23.1 Å². The molecule has 2 aromatic carbocycles. The van der Waals surface area contributed by atoms with Gasteiger partial charge in [-0.25, -0.2) is 4.68 Å². The third-order valence-electron chi connectivity index (χ3n) is 5.31. The van der Waals surface area contributed by atoms with E-state index in [9.17, 15) is 23.1 Å². The fourth-order valence-electron chi connectivity index (χ4n) is 3.71. The summed E-state index contributed by atoms with van der Waals surface area (Å²) in [5.41, 5.74) is 1.73. The number of alkyl halides is 3. The van der Waals surface area contributed by atoms with Gasteiger partial charge in [-0.1, -0.05) is 42.5 Å². The molecule has 3 N–H and O–H groups in total. The van der Waals surface area contributed by atoms with Crippen molar-refractivity contribution in [3.63, 3.8) is 0 Å². The number of aliphatic hydroxyl groups is 1. The van der Waals surface area contributed by atoms with Crippen molar-refractivity contribution in [1.82, 2.24) is 9.78 Å². The summed E-state index contributed by atoms with van der Waals surface area (Å²) in [6, 6.07) is 13.0. The number of amides is 1. The molecule has 31 heavy (non-hydrogen) atoms. The summed E-state index contributed by atoms with van der Waals surface area (Å²) in [7, 11) is 0. The molecule has 9 heteroatoms. The third-order valence-corrected chi connectivity index (χ3v) is 5.31. The lowest BCUT2D eigenvalue weighted by Crippen LogP contribution is -2.36. The highest BCUT2D eigenvalue weighted by molar-refractivity contribution is 6.07. The highest BCUT2D eigenvalue weighted by Gasteiger charge is 2.47.